The molecule has 1 aliphatic carbocycles. The van der Waals surface area contributed by atoms with E-state index in [-0.39, 0.29) is 11.8 Å². The first-order valence-electron chi connectivity index (χ1n) is 15.1. The molecule has 1 amide bonds. The Morgan fingerprint density at radius 3 is 2.47 bits per heavy atom. The van der Waals surface area contributed by atoms with Gasteiger partial charge in [-0.05, 0) is 93.7 Å². The highest BCUT2D eigenvalue weighted by atomic mass is 19.1. The molecule has 1 unspecified atom stereocenters. The van der Waals surface area contributed by atoms with E-state index in [9.17, 15) is 9.18 Å². The first kappa shape index (κ1) is 30.1. The molecule has 2 heterocycles. The van der Waals surface area contributed by atoms with Crippen molar-refractivity contribution in [2.75, 3.05) is 13.1 Å². The summed E-state index contributed by atoms with van der Waals surface area (Å²) in [6.45, 7) is 10.9. The van der Waals surface area contributed by atoms with Gasteiger partial charge in [0.25, 0.3) is 5.91 Å². The lowest BCUT2D eigenvalue weighted by Gasteiger charge is -2.31. The Balaban J connectivity index is 1.33. The summed E-state index contributed by atoms with van der Waals surface area (Å²) in [5.74, 6) is 3.52. The monoisotopic (exact) mass is 574 g/mol. The number of aliphatic imine (C=N–C) groups is 2. The SMILES string of the molecule is C#CC(=Nc1ccccc1C)C1CCN(C(=O)c2cnc(C(=NC(=C)CC3CC3)c3cccc(C(C)F)c3)c(C)c2)CC1. The number of rotatable bonds is 9. The highest BCUT2D eigenvalue weighted by Gasteiger charge is 2.27. The average molecular weight is 575 g/mol. The molecule has 3 aromatic rings. The van der Waals surface area contributed by atoms with Crippen molar-refractivity contribution in [3.8, 4) is 12.3 Å². The number of allylic oxidation sites excluding steroid dienone is 1. The van der Waals surface area contributed by atoms with Gasteiger partial charge < -0.3 is 4.90 Å². The molecule has 2 aliphatic rings. The molecule has 220 valence electrons. The van der Waals surface area contributed by atoms with Crippen molar-refractivity contribution in [2.45, 2.75) is 59.0 Å². The Labute approximate surface area is 254 Å². The summed E-state index contributed by atoms with van der Waals surface area (Å²) in [6, 6.07) is 17.2. The highest BCUT2D eigenvalue weighted by Crippen LogP contribution is 2.35. The molecule has 1 aliphatic heterocycles. The van der Waals surface area contributed by atoms with Gasteiger partial charge in [-0.3, -0.25) is 14.8 Å². The van der Waals surface area contributed by atoms with Gasteiger partial charge in [0.05, 0.1) is 28.4 Å². The van der Waals surface area contributed by atoms with Crippen LogP contribution in [0.25, 0.3) is 0 Å². The van der Waals surface area contributed by atoms with Crippen LogP contribution >= 0.6 is 0 Å². The highest BCUT2D eigenvalue weighted by molar-refractivity contribution is 6.13. The molecule has 0 radical (unpaired) electrons. The zero-order valence-corrected chi connectivity index (χ0v) is 25.3. The number of carbonyl (C=O) groups is 1. The van der Waals surface area contributed by atoms with Gasteiger partial charge in [-0.15, -0.1) is 6.42 Å². The molecule has 1 atom stereocenters. The zero-order chi connectivity index (χ0) is 30.5. The predicted molar refractivity (Wildman–Crippen MR) is 173 cm³/mol. The molecule has 5 rings (SSSR count). The Bertz CT molecular complexity index is 1620. The van der Waals surface area contributed by atoms with Crippen LogP contribution in [0.15, 0.2) is 83.1 Å². The fourth-order valence-corrected chi connectivity index (χ4v) is 5.58. The summed E-state index contributed by atoms with van der Waals surface area (Å²) in [7, 11) is 0. The summed E-state index contributed by atoms with van der Waals surface area (Å²) < 4.78 is 14.2. The zero-order valence-electron chi connectivity index (χ0n) is 25.3. The number of piperidine rings is 1. The number of benzene rings is 2. The molecule has 43 heavy (non-hydrogen) atoms. The molecule has 1 saturated heterocycles. The number of likely N-dealkylation sites (tertiary alicyclic amines) is 1. The van der Waals surface area contributed by atoms with Crippen LogP contribution in [-0.2, 0) is 0 Å². The third-order valence-corrected chi connectivity index (χ3v) is 8.33. The smallest absolute Gasteiger partial charge is 0.255 e. The second kappa shape index (κ2) is 13.3. The van der Waals surface area contributed by atoms with Crippen molar-refractivity contribution < 1.29 is 9.18 Å². The van der Waals surface area contributed by atoms with Crippen LogP contribution in [-0.4, -0.2) is 40.3 Å². The molecule has 0 N–H and O–H groups in total. The van der Waals surface area contributed by atoms with E-state index in [1.54, 1.807) is 12.3 Å². The second-order valence-corrected chi connectivity index (χ2v) is 11.8. The minimum absolute atomic E-state index is 0.0522. The number of hydrogen-bond donors (Lipinski definition) is 0. The fraction of sp³-hybridized carbons (Fsp3) is 0.351. The molecule has 6 heteroatoms. The lowest BCUT2D eigenvalue weighted by Crippen LogP contribution is -2.40. The first-order chi connectivity index (χ1) is 20.7. The number of para-hydroxylation sites is 1. The van der Waals surface area contributed by atoms with Crippen LogP contribution in [0.3, 0.4) is 0 Å². The third-order valence-electron chi connectivity index (χ3n) is 8.33. The van der Waals surface area contributed by atoms with E-state index in [1.807, 2.05) is 67.3 Å². The Hall–Kier alpha value is -4.37. The number of nitrogens with zero attached hydrogens (tertiary/aromatic N) is 4. The molecular weight excluding hydrogens is 535 g/mol. The maximum absolute atomic E-state index is 14.2. The molecule has 0 bridgehead atoms. The van der Waals surface area contributed by atoms with Gasteiger partial charge in [0, 0.05) is 36.5 Å². The minimum atomic E-state index is -1.10. The predicted octanol–water partition coefficient (Wildman–Crippen LogP) is 8.14. The Morgan fingerprint density at radius 2 is 1.81 bits per heavy atom. The number of pyridine rings is 1. The van der Waals surface area contributed by atoms with Gasteiger partial charge in [-0.1, -0.05) is 48.9 Å². The number of carbonyl (C=O) groups excluding carboxylic acids is 1. The molecular formula is C37H39FN4O. The summed E-state index contributed by atoms with van der Waals surface area (Å²) in [5.41, 5.74) is 7.56. The number of terminal acetylenes is 1. The van der Waals surface area contributed by atoms with Crippen molar-refractivity contribution in [2.24, 2.45) is 21.8 Å². The topological polar surface area (TPSA) is 57.9 Å². The summed E-state index contributed by atoms with van der Waals surface area (Å²) in [6.07, 6.45) is 11.2. The van der Waals surface area contributed by atoms with Crippen molar-refractivity contribution in [1.82, 2.24) is 9.88 Å². The lowest BCUT2D eigenvalue weighted by atomic mass is 9.91. The Kier molecular flexibility index (Phi) is 9.31. The van der Waals surface area contributed by atoms with Gasteiger partial charge in [-0.25, -0.2) is 9.38 Å². The van der Waals surface area contributed by atoms with E-state index >= 15 is 0 Å². The van der Waals surface area contributed by atoms with Crippen molar-refractivity contribution >= 4 is 23.0 Å². The number of alkyl halides is 1. The largest absolute Gasteiger partial charge is 0.339 e. The quantitative estimate of drug-likeness (QED) is 0.191. The maximum Gasteiger partial charge on any atom is 0.255 e. The minimum Gasteiger partial charge on any atom is -0.339 e. The molecule has 1 aromatic heterocycles. The van der Waals surface area contributed by atoms with Crippen LogP contribution < -0.4 is 0 Å². The first-order valence-corrected chi connectivity index (χ1v) is 15.1. The van der Waals surface area contributed by atoms with Gasteiger partial charge >= 0.3 is 0 Å². The summed E-state index contributed by atoms with van der Waals surface area (Å²) in [4.78, 5) is 29.8. The second-order valence-electron chi connectivity index (χ2n) is 11.8. The van der Waals surface area contributed by atoms with Gasteiger partial charge in [0.2, 0.25) is 0 Å². The molecule has 2 aromatic carbocycles. The van der Waals surface area contributed by atoms with Gasteiger partial charge in [0.1, 0.15) is 6.17 Å². The van der Waals surface area contributed by atoms with Crippen molar-refractivity contribution in [3.63, 3.8) is 0 Å². The van der Waals surface area contributed by atoms with E-state index in [4.69, 9.17) is 21.4 Å². The van der Waals surface area contributed by atoms with Gasteiger partial charge in [0.15, 0.2) is 0 Å². The summed E-state index contributed by atoms with van der Waals surface area (Å²) >= 11 is 0. The number of hydrogen-bond acceptors (Lipinski definition) is 4. The van der Waals surface area contributed by atoms with Crippen LogP contribution in [0.5, 0.6) is 0 Å². The van der Waals surface area contributed by atoms with E-state index in [2.05, 4.69) is 12.5 Å². The van der Waals surface area contributed by atoms with Crippen molar-refractivity contribution in [1.29, 1.82) is 0 Å². The van der Waals surface area contributed by atoms with E-state index in [1.165, 1.54) is 19.8 Å². The normalized spacial score (nSPS) is 17.0. The van der Waals surface area contributed by atoms with Crippen LogP contribution in [0.4, 0.5) is 10.1 Å². The molecule has 2 fully saturated rings. The number of aromatic nitrogens is 1. The fourth-order valence-electron chi connectivity index (χ4n) is 5.58. The van der Waals surface area contributed by atoms with Crippen LogP contribution in [0.1, 0.15) is 83.5 Å². The van der Waals surface area contributed by atoms with Gasteiger partial charge in [-0.2, -0.15) is 0 Å². The van der Waals surface area contributed by atoms with Crippen molar-refractivity contribution in [3.05, 3.63) is 107 Å². The van der Waals surface area contributed by atoms with E-state index < -0.39 is 6.17 Å². The standard InChI is InChI=1S/C37H39FN4O/c1-6-33(41-34-13-8-7-10-24(34)2)29-16-18-42(19-17-29)37(43)32-20-25(3)35(39-23-32)36(40-26(4)21-28-14-15-28)31-12-9-11-30(22-31)27(5)38/h1,7-13,20,22-23,27-29H,4,14-19,21H2,2-3,5H3. The summed E-state index contributed by atoms with van der Waals surface area (Å²) in [5, 5.41) is 0. The third kappa shape index (κ3) is 7.35. The number of aryl methyl sites for hydroxylation is 2. The molecule has 1 saturated carbocycles. The van der Waals surface area contributed by atoms with E-state index in [0.29, 0.717) is 41.5 Å². The maximum atomic E-state index is 14.2. The number of halogens is 1. The van der Waals surface area contributed by atoms with E-state index in [0.717, 1.165) is 53.0 Å². The van der Waals surface area contributed by atoms with Crippen LogP contribution in [0.2, 0.25) is 0 Å². The molecule has 5 nitrogen and oxygen atoms in total. The molecule has 0 spiro atoms. The number of amides is 1. The lowest BCUT2D eigenvalue weighted by molar-refractivity contribution is 0.0710. The Morgan fingerprint density at radius 1 is 1.07 bits per heavy atom. The average Bonchev–Trinajstić information content (AvgIpc) is 3.83. The van der Waals surface area contributed by atoms with Crippen LogP contribution in [0, 0.1) is 38.0 Å².